The summed E-state index contributed by atoms with van der Waals surface area (Å²) in [5.74, 6) is -0.461. The van der Waals surface area contributed by atoms with Crippen molar-refractivity contribution < 1.29 is 15.0 Å². The molecule has 0 saturated heterocycles. The van der Waals surface area contributed by atoms with Crippen molar-refractivity contribution in [1.82, 2.24) is 4.98 Å². The van der Waals surface area contributed by atoms with Gasteiger partial charge in [-0.3, -0.25) is 0 Å². The lowest BCUT2D eigenvalue weighted by atomic mass is 10.1. The highest BCUT2D eigenvalue weighted by molar-refractivity contribution is 5.87. The maximum Gasteiger partial charge on any atom is 0.337 e. The monoisotopic (exact) mass is 272 g/mol. The van der Waals surface area contributed by atoms with E-state index in [4.69, 9.17) is 5.11 Å². The van der Waals surface area contributed by atoms with Gasteiger partial charge >= 0.3 is 5.97 Å². The van der Waals surface area contributed by atoms with Crippen molar-refractivity contribution in [2.45, 2.75) is 12.5 Å². The number of carboxylic acid groups (broad SMARTS) is 1. The van der Waals surface area contributed by atoms with E-state index < -0.39 is 5.97 Å². The molecule has 0 saturated carbocycles. The second-order valence-electron chi connectivity index (χ2n) is 4.45. The van der Waals surface area contributed by atoms with E-state index in [1.807, 2.05) is 30.3 Å². The third-order valence-corrected chi connectivity index (χ3v) is 2.91. The van der Waals surface area contributed by atoms with Crippen LogP contribution in [0.5, 0.6) is 0 Å². The fraction of sp³-hybridized carbons (Fsp3) is 0.200. The van der Waals surface area contributed by atoms with Crippen molar-refractivity contribution in [3.05, 3.63) is 59.8 Å². The highest BCUT2D eigenvalue weighted by Gasteiger charge is 2.10. The van der Waals surface area contributed by atoms with Gasteiger partial charge in [-0.2, -0.15) is 0 Å². The maximum atomic E-state index is 10.7. The number of aromatic carboxylic acids is 1. The van der Waals surface area contributed by atoms with Gasteiger partial charge in [-0.1, -0.05) is 30.3 Å². The molecule has 0 aliphatic heterocycles. The molecule has 0 aliphatic carbocycles. The van der Waals surface area contributed by atoms with Crippen LogP contribution < -0.4 is 5.32 Å². The molecule has 0 bridgehead atoms. The number of pyridine rings is 1. The first kappa shape index (κ1) is 14.0. The van der Waals surface area contributed by atoms with Gasteiger partial charge in [0.05, 0.1) is 18.2 Å². The molecule has 1 aromatic carbocycles. The first-order chi connectivity index (χ1) is 9.69. The predicted octanol–water partition coefficient (Wildman–Crippen LogP) is 1.80. The highest BCUT2D eigenvalue weighted by Crippen LogP contribution is 2.10. The van der Waals surface area contributed by atoms with E-state index in [-0.39, 0.29) is 18.2 Å². The van der Waals surface area contributed by atoms with Crippen LogP contribution in [0, 0.1) is 0 Å². The van der Waals surface area contributed by atoms with Gasteiger partial charge < -0.3 is 15.5 Å². The highest BCUT2D eigenvalue weighted by atomic mass is 16.4. The molecule has 2 aromatic rings. The van der Waals surface area contributed by atoms with Gasteiger partial charge in [0.15, 0.2) is 0 Å². The van der Waals surface area contributed by atoms with Crippen LogP contribution in [0.15, 0.2) is 48.7 Å². The van der Waals surface area contributed by atoms with Crippen LogP contribution in [-0.2, 0) is 6.42 Å². The first-order valence-electron chi connectivity index (χ1n) is 6.29. The molecule has 1 unspecified atom stereocenters. The van der Waals surface area contributed by atoms with E-state index in [1.54, 1.807) is 6.07 Å². The minimum Gasteiger partial charge on any atom is -0.478 e. The summed E-state index contributed by atoms with van der Waals surface area (Å²) in [6.07, 6.45) is 1.96. The van der Waals surface area contributed by atoms with E-state index in [2.05, 4.69) is 10.3 Å². The number of hydrogen-bond donors (Lipinski definition) is 3. The number of aromatic nitrogens is 1. The Labute approximate surface area is 116 Å². The lowest BCUT2D eigenvalue weighted by Crippen LogP contribution is -2.26. The Bertz CT molecular complexity index is 555. The molecule has 0 radical (unpaired) electrons. The van der Waals surface area contributed by atoms with Crippen molar-refractivity contribution >= 4 is 11.8 Å². The number of carbonyl (C=O) groups is 1. The SMILES string of the molecule is O=C(O)c1ccc(NC(CO)Cc2ccccc2)nc1. The Morgan fingerprint density at radius 3 is 2.50 bits per heavy atom. The van der Waals surface area contributed by atoms with Crippen LogP contribution in [0.3, 0.4) is 0 Å². The predicted molar refractivity (Wildman–Crippen MR) is 75.8 cm³/mol. The molecule has 2 rings (SSSR count). The first-order valence-corrected chi connectivity index (χ1v) is 6.29. The summed E-state index contributed by atoms with van der Waals surface area (Å²) in [5, 5.41) is 21.3. The molecule has 1 heterocycles. The van der Waals surface area contributed by atoms with E-state index in [9.17, 15) is 9.90 Å². The third kappa shape index (κ3) is 3.80. The number of carboxylic acids is 1. The Hall–Kier alpha value is -2.40. The van der Waals surface area contributed by atoms with Crippen LogP contribution in [-0.4, -0.2) is 33.8 Å². The minimum absolute atomic E-state index is 0.0305. The third-order valence-electron chi connectivity index (χ3n) is 2.91. The lowest BCUT2D eigenvalue weighted by molar-refractivity contribution is 0.0696. The van der Waals surface area contributed by atoms with Crippen molar-refractivity contribution in [2.24, 2.45) is 0 Å². The number of nitrogens with zero attached hydrogens (tertiary/aromatic N) is 1. The van der Waals surface area contributed by atoms with E-state index in [1.165, 1.54) is 12.3 Å². The van der Waals surface area contributed by atoms with Crippen LogP contribution >= 0.6 is 0 Å². The second-order valence-corrected chi connectivity index (χ2v) is 4.45. The summed E-state index contributed by atoms with van der Waals surface area (Å²) < 4.78 is 0. The average Bonchev–Trinajstić information content (AvgIpc) is 2.48. The van der Waals surface area contributed by atoms with E-state index in [0.29, 0.717) is 12.2 Å². The van der Waals surface area contributed by atoms with Crippen molar-refractivity contribution in [3.63, 3.8) is 0 Å². The molecule has 1 atom stereocenters. The Kier molecular flexibility index (Phi) is 4.68. The Morgan fingerprint density at radius 1 is 1.20 bits per heavy atom. The summed E-state index contributed by atoms with van der Waals surface area (Å²) in [5.41, 5.74) is 1.25. The Morgan fingerprint density at radius 2 is 1.95 bits per heavy atom. The number of anilines is 1. The zero-order valence-electron chi connectivity index (χ0n) is 10.9. The fourth-order valence-corrected chi connectivity index (χ4v) is 1.87. The molecule has 0 amide bonds. The van der Waals surface area contributed by atoms with Gasteiger partial charge in [-0.25, -0.2) is 9.78 Å². The largest absolute Gasteiger partial charge is 0.478 e. The maximum absolute atomic E-state index is 10.7. The summed E-state index contributed by atoms with van der Waals surface area (Å²) in [4.78, 5) is 14.8. The Balaban J connectivity index is 2.01. The van der Waals surface area contributed by atoms with Gasteiger partial charge in [0, 0.05) is 6.20 Å². The summed E-state index contributed by atoms with van der Waals surface area (Å²) >= 11 is 0. The summed E-state index contributed by atoms with van der Waals surface area (Å²) in [6.45, 7) is -0.0305. The van der Waals surface area contributed by atoms with Crippen molar-refractivity contribution in [2.75, 3.05) is 11.9 Å². The fourth-order valence-electron chi connectivity index (χ4n) is 1.87. The smallest absolute Gasteiger partial charge is 0.337 e. The van der Waals surface area contributed by atoms with E-state index >= 15 is 0 Å². The topological polar surface area (TPSA) is 82.5 Å². The van der Waals surface area contributed by atoms with Gasteiger partial charge in [0.2, 0.25) is 0 Å². The van der Waals surface area contributed by atoms with Crippen molar-refractivity contribution in [1.29, 1.82) is 0 Å². The molecular formula is C15H16N2O3. The molecule has 1 aromatic heterocycles. The standard InChI is InChI=1S/C15H16N2O3/c18-10-13(8-11-4-2-1-3-5-11)17-14-7-6-12(9-16-14)15(19)20/h1-7,9,13,18H,8,10H2,(H,16,17)(H,19,20). The van der Waals surface area contributed by atoms with Crippen LogP contribution in [0.1, 0.15) is 15.9 Å². The molecule has 3 N–H and O–H groups in total. The number of aliphatic hydroxyl groups is 1. The minimum atomic E-state index is -1.01. The quantitative estimate of drug-likeness (QED) is 0.747. The average molecular weight is 272 g/mol. The second kappa shape index (κ2) is 6.68. The molecule has 104 valence electrons. The number of hydrogen-bond acceptors (Lipinski definition) is 4. The lowest BCUT2D eigenvalue weighted by Gasteiger charge is -2.17. The number of aliphatic hydroxyl groups excluding tert-OH is 1. The van der Waals surface area contributed by atoms with Gasteiger partial charge in [0.1, 0.15) is 5.82 Å². The number of rotatable bonds is 6. The zero-order valence-corrected chi connectivity index (χ0v) is 10.9. The van der Waals surface area contributed by atoms with Gasteiger partial charge in [-0.15, -0.1) is 0 Å². The molecular weight excluding hydrogens is 256 g/mol. The normalized spacial score (nSPS) is 11.8. The summed E-state index contributed by atoms with van der Waals surface area (Å²) in [6, 6.07) is 12.7. The molecule has 0 aliphatic rings. The van der Waals surface area contributed by atoms with Crippen LogP contribution in [0.2, 0.25) is 0 Å². The molecule has 0 spiro atoms. The summed E-state index contributed by atoms with van der Waals surface area (Å²) in [7, 11) is 0. The number of nitrogens with one attached hydrogen (secondary N) is 1. The molecule has 5 heteroatoms. The molecule has 20 heavy (non-hydrogen) atoms. The van der Waals surface area contributed by atoms with E-state index in [0.717, 1.165) is 5.56 Å². The van der Waals surface area contributed by atoms with Crippen LogP contribution in [0.4, 0.5) is 5.82 Å². The molecule has 5 nitrogen and oxygen atoms in total. The van der Waals surface area contributed by atoms with Gasteiger partial charge in [-0.05, 0) is 24.1 Å². The van der Waals surface area contributed by atoms with Gasteiger partial charge in [0.25, 0.3) is 0 Å². The van der Waals surface area contributed by atoms with Crippen LogP contribution in [0.25, 0.3) is 0 Å². The number of benzene rings is 1. The van der Waals surface area contributed by atoms with Crippen molar-refractivity contribution in [3.8, 4) is 0 Å². The molecule has 0 fully saturated rings. The zero-order chi connectivity index (χ0) is 14.4.